The molecule has 3 aromatic heterocycles. The van der Waals surface area contributed by atoms with Crippen molar-refractivity contribution in [2.24, 2.45) is 0 Å². The average molecular weight is 700 g/mol. The lowest BCUT2D eigenvalue weighted by atomic mass is 9.59. The fraction of sp³-hybridized carbons (Fsp3) is 0. The van der Waals surface area contributed by atoms with Gasteiger partial charge in [0.05, 0.1) is 11.0 Å². The molecule has 10 aromatic rings. The zero-order valence-electron chi connectivity index (χ0n) is 31.5. The molecule has 10 rings (SSSR count). The predicted octanol–water partition coefficient (Wildman–Crippen LogP) is 2.83. The van der Waals surface area contributed by atoms with E-state index >= 15 is 0 Å². The van der Waals surface area contributed by atoms with Crippen molar-refractivity contribution in [3.8, 4) is 51.0 Å². The maximum Gasteiger partial charge on any atom is 0.164 e. The van der Waals surface area contributed by atoms with Gasteiger partial charge in [0.2, 0.25) is 0 Å². The summed E-state index contributed by atoms with van der Waals surface area (Å²) in [7, 11) is 11.1. The number of furan rings is 1. The molecule has 0 aliphatic heterocycles. The molecule has 0 spiro atoms. The topological polar surface area (TPSA) is 56.7 Å². The van der Waals surface area contributed by atoms with Crippen LogP contribution in [0.25, 0.3) is 94.7 Å². The molecule has 5 nitrogen and oxygen atoms in total. The minimum Gasteiger partial charge on any atom is -0.456 e. The van der Waals surface area contributed by atoms with E-state index in [0.717, 1.165) is 49.9 Å². The van der Waals surface area contributed by atoms with Crippen LogP contribution in [0.15, 0.2) is 144 Å². The third-order valence-corrected chi connectivity index (χ3v) is 11.6. The van der Waals surface area contributed by atoms with E-state index in [1.54, 1.807) is 0 Å². The summed E-state index contributed by atoms with van der Waals surface area (Å²) in [6, 6.07) is 48.6. The van der Waals surface area contributed by atoms with Gasteiger partial charge in [0.15, 0.2) is 17.5 Å². The number of rotatable bonds is 5. The Morgan fingerprint density at radius 2 is 0.927 bits per heavy atom. The second-order valence-electron chi connectivity index (χ2n) is 14.6. The normalized spacial score (nSPS) is 11.6. The third kappa shape index (κ3) is 5.35. The van der Waals surface area contributed by atoms with Gasteiger partial charge >= 0.3 is 0 Å². The number of benzene rings is 7. The Morgan fingerprint density at radius 3 is 1.60 bits per heavy atom. The Balaban J connectivity index is 1.11. The maximum absolute atomic E-state index is 6.52. The molecule has 0 N–H and O–H groups in total. The van der Waals surface area contributed by atoms with Crippen molar-refractivity contribution in [2.75, 3.05) is 0 Å². The Hall–Kier alpha value is -6.53. The molecule has 0 aliphatic carbocycles. The summed E-state index contributed by atoms with van der Waals surface area (Å²) >= 11 is 0. The van der Waals surface area contributed by atoms with Crippen molar-refractivity contribution in [3.63, 3.8) is 0 Å². The van der Waals surface area contributed by atoms with E-state index in [1.807, 2.05) is 42.5 Å². The van der Waals surface area contributed by atoms with Gasteiger partial charge in [-0.15, -0.1) is 16.4 Å². The van der Waals surface area contributed by atoms with Gasteiger partial charge < -0.3 is 8.98 Å². The molecule has 254 valence electrons. The monoisotopic (exact) mass is 700 g/mol. The van der Waals surface area contributed by atoms with E-state index < -0.39 is 0 Å². The van der Waals surface area contributed by atoms with E-state index in [4.69, 9.17) is 19.4 Å². The first-order valence-electron chi connectivity index (χ1n) is 18.8. The standard InChI is InChI=1S/C45H33B5N4O/c46-38-37(39(47)41(49)42(50)40(38)48)25-11-8-12-26(21-25)44-51-43(24-9-2-1-3-10-24)52-45(53-44)27-17-20-35-32(22-27)31-19-18-28(23-36(31)55-35)54-33-15-6-4-13-29(33)30-14-5-7-16-34(30)54/h1-23H,46-50H2. The average Bonchev–Trinajstić information content (AvgIpc) is 3.77. The minimum atomic E-state index is 0.613. The number of hydrogen-bond donors (Lipinski definition) is 0. The smallest absolute Gasteiger partial charge is 0.164 e. The molecule has 0 radical (unpaired) electrons. The highest BCUT2D eigenvalue weighted by Gasteiger charge is 2.18. The van der Waals surface area contributed by atoms with Crippen molar-refractivity contribution in [2.45, 2.75) is 0 Å². The van der Waals surface area contributed by atoms with Crippen LogP contribution in [0.1, 0.15) is 0 Å². The van der Waals surface area contributed by atoms with Crippen LogP contribution >= 0.6 is 0 Å². The largest absolute Gasteiger partial charge is 0.456 e. The highest BCUT2D eigenvalue weighted by atomic mass is 16.3. The molecule has 0 amide bonds. The lowest BCUT2D eigenvalue weighted by Crippen LogP contribution is -2.55. The molecule has 55 heavy (non-hydrogen) atoms. The summed E-state index contributed by atoms with van der Waals surface area (Å²) in [6.07, 6.45) is 0. The molecule has 7 aromatic carbocycles. The van der Waals surface area contributed by atoms with Crippen molar-refractivity contribution in [1.82, 2.24) is 19.5 Å². The first-order valence-corrected chi connectivity index (χ1v) is 18.8. The van der Waals surface area contributed by atoms with E-state index in [0.29, 0.717) is 17.5 Å². The van der Waals surface area contributed by atoms with Gasteiger partial charge in [-0.05, 0) is 59.7 Å². The van der Waals surface area contributed by atoms with Crippen molar-refractivity contribution < 1.29 is 4.42 Å². The van der Waals surface area contributed by atoms with Gasteiger partial charge in [0.25, 0.3) is 0 Å². The predicted molar refractivity (Wildman–Crippen MR) is 244 cm³/mol. The quantitative estimate of drug-likeness (QED) is 0.260. The lowest BCUT2D eigenvalue weighted by Gasteiger charge is -2.20. The molecule has 0 fully saturated rings. The van der Waals surface area contributed by atoms with E-state index in [2.05, 4.69) is 141 Å². The number of nitrogens with zero attached hydrogens (tertiary/aromatic N) is 4. The van der Waals surface area contributed by atoms with Gasteiger partial charge in [-0.1, -0.05) is 95.9 Å². The van der Waals surface area contributed by atoms with Gasteiger partial charge in [-0.2, -0.15) is 0 Å². The zero-order valence-corrected chi connectivity index (χ0v) is 31.5. The SMILES string of the molecule is Bc1c(B)c(B)c(-c2cccc(-c3nc(-c4ccccc4)nc(-c4ccc5oc6cc(-n7c8ccccc8c8ccccc87)ccc6c5c4)n3)c2)c(B)c1B. The summed E-state index contributed by atoms with van der Waals surface area (Å²) in [6.45, 7) is 0. The molecule has 0 aliphatic rings. The molecular formula is C45H33B5N4O. The van der Waals surface area contributed by atoms with Crippen LogP contribution in [0.3, 0.4) is 0 Å². The second kappa shape index (κ2) is 12.8. The summed E-state index contributed by atoms with van der Waals surface area (Å²) in [5.41, 5.74) is 16.9. The molecule has 0 bridgehead atoms. The summed E-state index contributed by atoms with van der Waals surface area (Å²) in [5, 5.41) is 4.52. The van der Waals surface area contributed by atoms with Crippen LogP contribution in [0.4, 0.5) is 0 Å². The summed E-state index contributed by atoms with van der Waals surface area (Å²) < 4.78 is 8.84. The molecule has 0 saturated carbocycles. The van der Waals surface area contributed by atoms with Crippen molar-refractivity contribution in [1.29, 1.82) is 0 Å². The molecule has 0 saturated heterocycles. The van der Waals surface area contributed by atoms with E-state index in [-0.39, 0.29) is 0 Å². The van der Waals surface area contributed by atoms with Crippen LogP contribution < -0.4 is 27.3 Å². The second-order valence-corrected chi connectivity index (χ2v) is 14.6. The number of para-hydroxylation sites is 2. The van der Waals surface area contributed by atoms with Crippen LogP contribution in [0.2, 0.25) is 0 Å². The molecule has 0 unspecified atom stereocenters. The van der Waals surface area contributed by atoms with Crippen LogP contribution in [-0.2, 0) is 0 Å². The molecular weight excluding hydrogens is 667 g/mol. The van der Waals surface area contributed by atoms with Crippen LogP contribution in [-0.4, -0.2) is 58.8 Å². The maximum atomic E-state index is 6.52. The zero-order chi connectivity index (χ0) is 37.4. The van der Waals surface area contributed by atoms with Gasteiger partial charge in [-0.3, -0.25) is 0 Å². The number of hydrogen-bond acceptors (Lipinski definition) is 4. The summed E-state index contributed by atoms with van der Waals surface area (Å²) in [4.78, 5) is 15.3. The fourth-order valence-electron chi connectivity index (χ4n) is 8.34. The fourth-order valence-corrected chi connectivity index (χ4v) is 8.34. The number of fused-ring (bicyclic) bond motifs is 6. The van der Waals surface area contributed by atoms with Gasteiger partial charge in [0.1, 0.15) is 50.4 Å². The Kier molecular flexibility index (Phi) is 7.70. The molecule has 10 heteroatoms. The van der Waals surface area contributed by atoms with Gasteiger partial charge in [-0.25, -0.2) is 15.0 Å². The van der Waals surface area contributed by atoms with Crippen molar-refractivity contribution >= 4 is 110 Å². The Labute approximate surface area is 323 Å². The third-order valence-electron chi connectivity index (χ3n) is 11.6. The van der Waals surface area contributed by atoms with Crippen LogP contribution in [0.5, 0.6) is 0 Å². The highest BCUT2D eigenvalue weighted by molar-refractivity contribution is 6.68. The minimum absolute atomic E-state index is 0.613. The van der Waals surface area contributed by atoms with Crippen molar-refractivity contribution in [3.05, 3.63) is 140 Å². The van der Waals surface area contributed by atoms with E-state index in [9.17, 15) is 0 Å². The van der Waals surface area contributed by atoms with Gasteiger partial charge in [0, 0.05) is 50.0 Å². The molecule has 3 heterocycles. The highest BCUT2D eigenvalue weighted by Crippen LogP contribution is 2.37. The summed E-state index contributed by atoms with van der Waals surface area (Å²) in [5.74, 6) is 1.88. The Morgan fingerprint density at radius 1 is 0.382 bits per heavy atom. The van der Waals surface area contributed by atoms with Crippen LogP contribution in [0, 0.1) is 0 Å². The Bertz CT molecular complexity index is 3090. The number of aromatic nitrogens is 4. The lowest BCUT2D eigenvalue weighted by molar-refractivity contribution is 0.668. The first kappa shape index (κ1) is 33.1. The first-order chi connectivity index (χ1) is 26.8. The molecule has 0 atom stereocenters. The van der Waals surface area contributed by atoms with E-state index in [1.165, 1.54) is 54.7 Å².